The molecule has 0 rings (SSSR count). The second-order valence-electron chi connectivity index (χ2n) is 0.403. The smallest absolute Gasteiger partial charge is 0.0146 e. The number of hydrogen-bond acceptors (Lipinski definition) is 4. The number of thiol groups is 1. The lowest BCUT2D eigenvalue weighted by Gasteiger charge is -1.84. The summed E-state index contributed by atoms with van der Waals surface area (Å²) >= 11 is 8.38. The van der Waals surface area contributed by atoms with Crippen molar-refractivity contribution in [3.8, 4) is 0 Å². The molecule has 1 nitrogen and oxygen atoms in total. The Morgan fingerprint density at radius 1 is 1.83 bits per heavy atom. The van der Waals surface area contributed by atoms with Gasteiger partial charge in [-0.05, 0) is 21.0 Å². The topological polar surface area (TPSA) is 26.0 Å². The molecule has 0 bridgehead atoms. The van der Waals surface area contributed by atoms with Gasteiger partial charge in [0.05, 0.1) is 0 Å². The third-order valence-electron chi connectivity index (χ3n) is 0.0975. The summed E-state index contributed by atoms with van der Waals surface area (Å²) in [7, 11) is 2.26. The van der Waals surface area contributed by atoms with Crippen LogP contribution in [0.4, 0.5) is 0 Å². The first kappa shape index (κ1) is 7.58. The largest absolute Gasteiger partial charge is 0.265 e. The zero-order valence-electron chi connectivity index (χ0n) is 2.66. The van der Waals surface area contributed by atoms with Crippen LogP contribution in [0, 0.1) is 0 Å². The van der Waals surface area contributed by atoms with Gasteiger partial charge in [-0.2, -0.15) is 0 Å². The summed E-state index contributed by atoms with van der Waals surface area (Å²) < 4.78 is 0. The van der Waals surface area contributed by atoms with Crippen molar-refractivity contribution in [1.29, 1.82) is 0 Å². The lowest BCUT2D eigenvalue weighted by molar-refractivity contribution is 2.06. The molecule has 0 aliphatic carbocycles. The first-order chi connectivity index (χ1) is 2.77. The Hall–Kier alpha value is 1.58. The van der Waals surface area contributed by atoms with E-state index in [1.807, 2.05) is 0 Å². The van der Waals surface area contributed by atoms with E-state index in [2.05, 4.69) is 22.8 Å². The summed E-state index contributed by atoms with van der Waals surface area (Å²) in [6.45, 7) is 0. The SMILES string of the molecule is NS(=S)SSS. The molecule has 1 unspecified atom stereocenters. The van der Waals surface area contributed by atoms with Crippen molar-refractivity contribution in [1.82, 2.24) is 0 Å². The highest BCUT2D eigenvalue weighted by molar-refractivity contribution is 9.24. The summed E-state index contributed by atoms with van der Waals surface area (Å²) in [5.74, 6) is 0. The predicted octanol–water partition coefficient (Wildman–Crippen LogP) is 1.08. The first-order valence-electron chi connectivity index (χ1n) is 0.918. The van der Waals surface area contributed by atoms with Crippen molar-refractivity contribution in [3.05, 3.63) is 0 Å². The van der Waals surface area contributed by atoms with Gasteiger partial charge in [0.15, 0.2) is 0 Å². The summed E-state index contributed by atoms with van der Waals surface area (Å²) in [5, 5.41) is 5.14. The van der Waals surface area contributed by atoms with Crippen molar-refractivity contribution >= 4 is 51.2 Å². The van der Waals surface area contributed by atoms with Gasteiger partial charge in [-0.3, -0.25) is 5.14 Å². The van der Waals surface area contributed by atoms with Crippen molar-refractivity contribution in [2.75, 3.05) is 0 Å². The summed E-state index contributed by atoms with van der Waals surface area (Å²) in [5.41, 5.74) is 0. The van der Waals surface area contributed by atoms with E-state index in [1.165, 1.54) is 19.7 Å². The lowest BCUT2D eigenvalue weighted by Crippen LogP contribution is -1.89. The second kappa shape index (κ2) is 4.73. The summed E-state index contributed by atoms with van der Waals surface area (Å²) in [6, 6.07) is 0. The molecule has 2 N–H and O–H groups in total. The van der Waals surface area contributed by atoms with Crippen molar-refractivity contribution < 1.29 is 0 Å². The van der Waals surface area contributed by atoms with Gasteiger partial charge < -0.3 is 0 Å². The fraction of sp³-hybridized carbons (Fsp3) is 0. The molecule has 38 valence electrons. The van der Waals surface area contributed by atoms with Crippen LogP contribution in [-0.2, 0) is 19.9 Å². The van der Waals surface area contributed by atoms with Crippen LogP contribution in [0.15, 0.2) is 0 Å². The van der Waals surface area contributed by atoms with Crippen LogP contribution in [0.3, 0.4) is 0 Å². The van der Waals surface area contributed by atoms with Crippen LogP contribution in [-0.4, -0.2) is 0 Å². The highest BCUT2D eigenvalue weighted by Crippen LogP contribution is 2.25. The molecule has 0 aromatic heterocycles. The van der Waals surface area contributed by atoms with Gasteiger partial charge in [-0.1, -0.05) is 11.7 Å². The molecular weight excluding hydrogens is 174 g/mol. The third kappa shape index (κ3) is 5.58. The van der Waals surface area contributed by atoms with E-state index in [-0.39, 0.29) is 0 Å². The maximum atomic E-state index is 5.14. The zero-order chi connectivity index (χ0) is 4.99. The molecule has 0 fully saturated rings. The Bertz CT molecular complexity index is 47.9. The molecule has 6 heteroatoms. The Labute approximate surface area is 56.2 Å². The van der Waals surface area contributed by atoms with Crippen LogP contribution >= 0.6 is 31.3 Å². The minimum atomic E-state index is -0.429. The normalized spacial score (nSPS) is 14.3. The van der Waals surface area contributed by atoms with Crippen molar-refractivity contribution in [2.45, 2.75) is 0 Å². The number of hydrogen-bond donors (Lipinski definition) is 2. The fourth-order valence-corrected chi connectivity index (χ4v) is 4.44. The Morgan fingerprint density at radius 2 is 2.33 bits per heavy atom. The minimum absolute atomic E-state index is 0.429. The minimum Gasteiger partial charge on any atom is -0.265 e. The average molecular weight is 177 g/mol. The average Bonchev–Trinajstić information content (AvgIpc) is 1.35. The fourth-order valence-electron chi connectivity index (χ4n) is 0.0300. The first-order valence-corrected chi connectivity index (χ1v) is 6.85. The number of rotatable bonds is 2. The molecule has 0 aromatic rings. The van der Waals surface area contributed by atoms with Gasteiger partial charge in [-0.25, -0.2) is 0 Å². The van der Waals surface area contributed by atoms with Gasteiger partial charge in [-0.15, -0.1) is 0 Å². The molecule has 6 heavy (non-hydrogen) atoms. The van der Waals surface area contributed by atoms with E-state index in [0.717, 1.165) is 0 Å². The van der Waals surface area contributed by atoms with Gasteiger partial charge in [0.1, 0.15) is 0 Å². The second-order valence-corrected chi connectivity index (χ2v) is 7.42. The standard InChI is InChI=1S/H3NS5/c1-6(3)5-4-2/h2H,1H2. The van der Waals surface area contributed by atoms with Crippen LogP contribution < -0.4 is 5.14 Å². The van der Waals surface area contributed by atoms with E-state index in [9.17, 15) is 0 Å². The molecular formula is H3NS5. The maximum Gasteiger partial charge on any atom is 0.0146 e. The molecule has 0 saturated heterocycles. The molecule has 0 spiro atoms. The Balaban J connectivity index is 2.83. The van der Waals surface area contributed by atoms with Crippen LogP contribution in [0.25, 0.3) is 0 Å². The van der Waals surface area contributed by atoms with E-state index in [4.69, 9.17) is 5.14 Å². The number of nitrogens with two attached hydrogens (primary N) is 1. The van der Waals surface area contributed by atoms with Crippen molar-refractivity contribution in [3.63, 3.8) is 0 Å². The van der Waals surface area contributed by atoms with Gasteiger partial charge in [0, 0.05) is 18.5 Å². The van der Waals surface area contributed by atoms with Crippen LogP contribution in [0.2, 0.25) is 0 Å². The van der Waals surface area contributed by atoms with Crippen molar-refractivity contribution in [2.24, 2.45) is 5.14 Å². The van der Waals surface area contributed by atoms with Crippen LogP contribution in [0.1, 0.15) is 0 Å². The molecule has 0 aliphatic rings. The van der Waals surface area contributed by atoms with E-state index < -0.39 is 8.67 Å². The predicted molar refractivity (Wildman–Crippen MR) is 43.1 cm³/mol. The molecule has 0 amide bonds. The molecule has 0 radical (unpaired) electrons. The summed E-state index contributed by atoms with van der Waals surface area (Å²) in [4.78, 5) is 0. The van der Waals surface area contributed by atoms with E-state index in [0.29, 0.717) is 0 Å². The van der Waals surface area contributed by atoms with Gasteiger partial charge in [0.2, 0.25) is 0 Å². The maximum absolute atomic E-state index is 5.14. The lowest BCUT2D eigenvalue weighted by atomic mass is 14.0. The zero-order valence-corrected chi connectivity index (χ0v) is 6.82. The quantitative estimate of drug-likeness (QED) is 0.487. The van der Waals surface area contributed by atoms with E-state index >= 15 is 0 Å². The van der Waals surface area contributed by atoms with Gasteiger partial charge in [0.25, 0.3) is 0 Å². The summed E-state index contributed by atoms with van der Waals surface area (Å²) in [6.07, 6.45) is 0. The highest BCUT2D eigenvalue weighted by atomic mass is 33.7. The van der Waals surface area contributed by atoms with Gasteiger partial charge >= 0.3 is 0 Å². The molecule has 0 aromatic carbocycles. The molecule has 0 heterocycles. The molecule has 1 atom stereocenters. The molecule has 0 aliphatic heterocycles. The van der Waals surface area contributed by atoms with E-state index in [1.54, 1.807) is 0 Å². The Morgan fingerprint density at radius 3 is 2.33 bits per heavy atom. The monoisotopic (exact) mass is 177 g/mol. The third-order valence-corrected chi connectivity index (χ3v) is 5.78. The van der Waals surface area contributed by atoms with Crippen LogP contribution in [0.5, 0.6) is 0 Å². The molecule has 0 saturated carbocycles. The Kier molecular flexibility index (Phi) is 5.98. The highest BCUT2D eigenvalue weighted by Gasteiger charge is 1.79.